The maximum absolute atomic E-state index is 12.4. The lowest BCUT2D eigenvalue weighted by atomic mass is 10.1. The van der Waals surface area contributed by atoms with Crippen molar-refractivity contribution in [3.63, 3.8) is 0 Å². The van der Waals surface area contributed by atoms with Gasteiger partial charge in [0, 0.05) is 18.9 Å². The van der Waals surface area contributed by atoms with Gasteiger partial charge in [-0.05, 0) is 33.6 Å². The molecule has 100 valence electrons. The third kappa shape index (κ3) is 3.92. The highest BCUT2D eigenvalue weighted by Gasteiger charge is 2.29. The molecule has 0 aliphatic heterocycles. The molecule has 3 nitrogen and oxygen atoms in total. The van der Waals surface area contributed by atoms with Gasteiger partial charge >= 0.3 is 6.18 Å². The summed E-state index contributed by atoms with van der Waals surface area (Å²) < 4.78 is 37.9. The number of halogens is 4. The normalized spacial score (nSPS) is 11.4. The molecule has 19 heavy (non-hydrogen) atoms. The van der Waals surface area contributed by atoms with Crippen molar-refractivity contribution in [2.45, 2.75) is 12.7 Å². The Kier molecular flexibility index (Phi) is 4.04. The van der Waals surface area contributed by atoms with E-state index in [9.17, 15) is 13.2 Å². The van der Waals surface area contributed by atoms with Crippen molar-refractivity contribution in [1.82, 2.24) is 9.97 Å². The number of aromatic nitrogens is 2. The molecule has 0 fully saturated rings. The third-order valence-corrected chi connectivity index (χ3v) is 2.76. The summed E-state index contributed by atoms with van der Waals surface area (Å²) in [4.78, 5) is 8.00. The van der Waals surface area contributed by atoms with E-state index in [0.717, 1.165) is 22.2 Å². The Morgan fingerprint density at radius 1 is 1.05 bits per heavy atom. The van der Waals surface area contributed by atoms with Gasteiger partial charge in [0.25, 0.3) is 0 Å². The topological polar surface area (TPSA) is 37.8 Å². The Morgan fingerprint density at radius 3 is 2.16 bits per heavy atom. The number of hydrogen-bond acceptors (Lipinski definition) is 3. The first-order chi connectivity index (χ1) is 8.95. The quantitative estimate of drug-likeness (QED) is 0.927. The molecule has 0 amide bonds. The van der Waals surface area contributed by atoms with Crippen molar-refractivity contribution in [3.05, 3.63) is 52.3 Å². The van der Waals surface area contributed by atoms with E-state index < -0.39 is 11.7 Å². The second kappa shape index (κ2) is 5.56. The summed E-state index contributed by atoms with van der Waals surface area (Å²) in [5.41, 5.74) is 0.0654. The van der Waals surface area contributed by atoms with Crippen LogP contribution in [0.2, 0.25) is 0 Å². The molecule has 7 heteroatoms. The lowest BCUT2D eigenvalue weighted by Gasteiger charge is -2.08. The fourth-order valence-corrected chi connectivity index (χ4v) is 1.60. The Bertz CT molecular complexity index is 538. The molecule has 0 bridgehead atoms. The van der Waals surface area contributed by atoms with E-state index in [0.29, 0.717) is 12.5 Å². The summed E-state index contributed by atoms with van der Waals surface area (Å²) in [5.74, 6) is 0.420. The molecule has 0 unspecified atom stereocenters. The van der Waals surface area contributed by atoms with Crippen molar-refractivity contribution in [2.24, 2.45) is 0 Å². The van der Waals surface area contributed by atoms with Gasteiger partial charge in [-0.15, -0.1) is 0 Å². The second-order valence-electron chi connectivity index (χ2n) is 3.77. The smallest absolute Gasteiger partial charge is 0.350 e. The van der Waals surface area contributed by atoms with Crippen LogP contribution in [0.25, 0.3) is 0 Å². The van der Waals surface area contributed by atoms with Crippen LogP contribution in [0.5, 0.6) is 0 Å². The summed E-state index contributed by atoms with van der Waals surface area (Å²) >= 11 is 3.21. The van der Waals surface area contributed by atoms with Gasteiger partial charge in [0.2, 0.25) is 5.95 Å². The predicted octanol–water partition coefficient (Wildman–Crippen LogP) is 3.87. The van der Waals surface area contributed by atoms with Gasteiger partial charge in [0.15, 0.2) is 0 Å². The largest absolute Gasteiger partial charge is 0.416 e. The molecule has 2 aromatic rings. The zero-order valence-corrected chi connectivity index (χ0v) is 11.2. The molecule has 1 aromatic carbocycles. The van der Waals surface area contributed by atoms with Crippen LogP contribution in [-0.2, 0) is 12.7 Å². The number of alkyl halides is 3. The first-order valence-corrected chi connectivity index (χ1v) is 6.12. The first-order valence-electron chi connectivity index (χ1n) is 5.33. The minimum Gasteiger partial charge on any atom is -0.350 e. The highest BCUT2D eigenvalue weighted by atomic mass is 79.9. The number of nitrogens with one attached hydrogen (secondary N) is 1. The number of benzene rings is 1. The van der Waals surface area contributed by atoms with E-state index in [-0.39, 0.29) is 0 Å². The monoisotopic (exact) mass is 331 g/mol. The molecule has 0 saturated heterocycles. The molecule has 0 radical (unpaired) electrons. The zero-order chi connectivity index (χ0) is 13.9. The number of nitrogens with zero attached hydrogens (tertiary/aromatic N) is 2. The molecule has 0 spiro atoms. The van der Waals surface area contributed by atoms with Crippen LogP contribution >= 0.6 is 15.9 Å². The second-order valence-corrected chi connectivity index (χ2v) is 4.69. The lowest BCUT2D eigenvalue weighted by molar-refractivity contribution is -0.137. The summed E-state index contributed by atoms with van der Waals surface area (Å²) in [6.45, 7) is 0.361. The van der Waals surface area contributed by atoms with Gasteiger partial charge in [-0.2, -0.15) is 13.2 Å². The van der Waals surface area contributed by atoms with Crippen LogP contribution in [-0.4, -0.2) is 9.97 Å². The van der Waals surface area contributed by atoms with Crippen LogP contribution in [0.4, 0.5) is 19.1 Å². The van der Waals surface area contributed by atoms with Crippen LogP contribution < -0.4 is 5.32 Å². The number of rotatable bonds is 3. The highest BCUT2D eigenvalue weighted by molar-refractivity contribution is 9.10. The average molecular weight is 332 g/mol. The van der Waals surface area contributed by atoms with Crippen LogP contribution in [0.1, 0.15) is 11.1 Å². The maximum Gasteiger partial charge on any atom is 0.416 e. The lowest BCUT2D eigenvalue weighted by Crippen LogP contribution is -2.06. The summed E-state index contributed by atoms with van der Waals surface area (Å²) in [6.07, 6.45) is -1.13. The van der Waals surface area contributed by atoms with E-state index in [1.807, 2.05) is 0 Å². The van der Waals surface area contributed by atoms with Crippen molar-refractivity contribution in [2.75, 3.05) is 5.32 Å². The molecular weight excluding hydrogens is 323 g/mol. The van der Waals surface area contributed by atoms with Gasteiger partial charge in [-0.1, -0.05) is 12.1 Å². The molecule has 0 atom stereocenters. The van der Waals surface area contributed by atoms with Gasteiger partial charge in [0.1, 0.15) is 0 Å². The predicted molar refractivity (Wildman–Crippen MR) is 68.5 cm³/mol. The molecule has 0 aliphatic rings. The van der Waals surface area contributed by atoms with E-state index in [1.165, 1.54) is 12.1 Å². The first kappa shape index (κ1) is 13.8. The molecule has 1 N–H and O–H groups in total. The molecule has 1 heterocycles. The van der Waals surface area contributed by atoms with Crippen molar-refractivity contribution >= 4 is 21.9 Å². The fourth-order valence-electron chi connectivity index (χ4n) is 1.40. The maximum atomic E-state index is 12.4. The van der Waals surface area contributed by atoms with Gasteiger partial charge in [0.05, 0.1) is 10.0 Å². The van der Waals surface area contributed by atoms with Crippen molar-refractivity contribution in [1.29, 1.82) is 0 Å². The zero-order valence-electron chi connectivity index (χ0n) is 9.58. The van der Waals surface area contributed by atoms with E-state index in [2.05, 4.69) is 31.2 Å². The number of hydrogen-bond donors (Lipinski definition) is 1. The van der Waals surface area contributed by atoms with Crippen molar-refractivity contribution in [3.8, 4) is 0 Å². The summed E-state index contributed by atoms with van der Waals surface area (Å²) in [6, 6.07) is 4.96. The Hall–Kier alpha value is -1.63. The molecular formula is C12H9BrF3N3. The van der Waals surface area contributed by atoms with Crippen LogP contribution in [0.3, 0.4) is 0 Å². The summed E-state index contributed by atoms with van der Waals surface area (Å²) in [5, 5.41) is 2.92. The Balaban J connectivity index is 1.98. The van der Waals surface area contributed by atoms with E-state index in [1.54, 1.807) is 12.4 Å². The van der Waals surface area contributed by atoms with Crippen molar-refractivity contribution < 1.29 is 13.2 Å². The van der Waals surface area contributed by atoms with Crippen LogP contribution in [0, 0.1) is 0 Å². The van der Waals surface area contributed by atoms with Crippen LogP contribution in [0.15, 0.2) is 41.1 Å². The van der Waals surface area contributed by atoms with E-state index >= 15 is 0 Å². The molecule has 0 saturated carbocycles. The minimum atomic E-state index is -4.30. The third-order valence-electron chi connectivity index (χ3n) is 2.35. The standard InChI is InChI=1S/C12H9BrF3N3/c13-10-6-18-11(19-7-10)17-5-8-1-3-9(4-2-8)12(14,15)16/h1-4,6-7H,5H2,(H,17,18,19). The molecule has 0 aliphatic carbocycles. The van der Waals surface area contributed by atoms with E-state index in [4.69, 9.17) is 0 Å². The summed E-state index contributed by atoms with van der Waals surface area (Å²) in [7, 11) is 0. The average Bonchev–Trinajstić information content (AvgIpc) is 2.37. The van der Waals surface area contributed by atoms with Gasteiger partial charge < -0.3 is 5.32 Å². The minimum absolute atomic E-state index is 0.361. The molecule has 2 rings (SSSR count). The highest BCUT2D eigenvalue weighted by Crippen LogP contribution is 2.29. The van der Waals surface area contributed by atoms with Gasteiger partial charge in [-0.25, -0.2) is 9.97 Å². The Morgan fingerprint density at radius 2 is 1.63 bits per heavy atom. The fraction of sp³-hybridized carbons (Fsp3) is 0.167. The molecule has 1 aromatic heterocycles. The van der Waals surface area contributed by atoms with Gasteiger partial charge in [-0.3, -0.25) is 0 Å². The SMILES string of the molecule is FC(F)(F)c1ccc(CNc2ncc(Br)cn2)cc1. The number of anilines is 1. The Labute approximate surface area is 116 Å².